The molecule has 1 aromatic rings. The molecule has 102 valence electrons. The van der Waals surface area contributed by atoms with Gasteiger partial charge in [0.1, 0.15) is 5.75 Å². The molecule has 0 radical (unpaired) electrons. The maximum Gasteiger partial charge on any atom is 0.120 e. The summed E-state index contributed by atoms with van der Waals surface area (Å²) in [5.74, 6) is 0.879. The number of benzene rings is 1. The first-order valence-corrected chi connectivity index (χ1v) is 6.46. The van der Waals surface area contributed by atoms with Crippen LogP contribution < -0.4 is 10.1 Å². The second kappa shape index (κ2) is 5.61. The molecule has 1 atom stereocenters. The van der Waals surface area contributed by atoms with E-state index in [4.69, 9.17) is 4.74 Å². The van der Waals surface area contributed by atoms with Gasteiger partial charge in [-0.25, -0.2) is 0 Å². The van der Waals surface area contributed by atoms with Crippen molar-refractivity contribution >= 4 is 5.69 Å². The third-order valence-corrected chi connectivity index (χ3v) is 3.00. The predicted molar refractivity (Wildman–Crippen MR) is 76.3 cm³/mol. The van der Waals surface area contributed by atoms with Crippen LogP contribution in [0, 0.1) is 6.92 Å². The fourth-order valence-corrected chi connectivity index (χ4v) is 1.55. The Labute approximate surface area is 110 Å². The van der Waals surface area contributed by atoms with Crippen molar-refractivity contribution in [3.63, 3.8) is 0 Å². The van der Waals surface area contributed by atoms with Gasteiger partial charge < -0.3 is 15.2 Å². The molecule has 1 rings (SSSR count). The van der Waals surface area contributed by atoms with E-state index in [2.05, 4.69) is 5.32 Å². The van der Waals surface area contributed by atoms with Crippen molar-refractivity contribution in [3.05, 3.63) is 23.8 Å². The maximum atomic E-state index is 9.92. The molecule has 0 aliphatic rings. The average Bonchev–Trinajstić information content (AvgIpc) is 2.19. The van der Waals surface area contributed by atoms with E-state index in [-0.39, 0.29) is 12.1 Å². The molecule has 0 heterocycles. The summed E-state index contributed by atoms with van der Waals surface area (Å²) in [6.45, 7) is 11.6. The van der Waals surface area contributed by atoms with Crippen LogP contribution in [0.25, 0.3) is 0 Å². The van der Waals surface area contributed by atoms with Crippen molar-refractivity contribution in [3.8, 4) is 5.75 Å². The summed E-state index contributed by atoms with van der Waals surface area (Å²) in [6, 6.07) is 5.94. The van der Waals surface area contributed by atoms with Gasteiger partial charge in [0.2, 0.25) is 0 Å². The summed E-state index contributed by atoms with van der Waals surface area (Å²) in [6.07, 6.45) is 0.179. The van der Waals surface area contributed by atoms with E-state index in [9.17, 15) is 5.11 Å². The zero-order chi connectivity index (χ0) is 13.9. The topological polar surface area (TPSA) is 41.5 Å². The molecule has 0 amide bonds. The van der Waals surface area contributed by atoms with Gasteiger partial charge in [-0.15, -0.1) is 0 Å². The van der Waals surface area contributed by atoms with E-state index < -0.39 is 5.60 Å². The summed E-state index contributed by atoms with van der Waals surface area (Å²) in [5, 5.41) is 13.2. The first-order chi connectivity index (χ1) is 8.20. The Bertz CT molecular complexity index is 394. The zero-order valence-electron chi connectivity index (χ0n) is 12.2. The van der Waals surface area contributed by atoms with E-state index in [1.54, 1.807) is 13.8 Å². The highest BCUT2D eigenvalue weighted by molar-refractivity contribution is 5.54. The first kappa shape index (κ1) is 14.8. The fraction of sp³-hybridized carbons (Fsp3) is 0.600. The molecule has 0 bridgehead atoms. The van der Waals surface area contributed by atoms with Crippen molar-refractivity contribution in [1.29, 1.82) is 0 Å². The highest BCUT2D eigenvalue weighted by atomic mass is 16.5. The summed E-state index contributed by atoms with van der Waals surface area (Å²) in [5.41, 5.74) is 1.39. The van der Waals surface area contributed by atoms with Crippen molar-refractivity contribution in [2.45, 2.75) is 59.3 Å². The Morgan fingerprint density at radius 2 is 1.83 bits per heavy atom. The SMILES string of the molecule is Cc1cc(OC(C)C)ccc1NC(C)C(C)(C)O. The number of hydrogen-bond donors (Lipinski definition) is 2. The average molecular weight is 251 g/mol. The molecule has 18 heavy (non-hydrogen) atoms. The molecule has 1 aromatic carbocycles. The summed E-state index contributed by atoms with van der Waals surface area (Å²) < 4.78 is 5.65. The van der Waals surface area contributed by atoms with Crippen LogP contribution in [0.3, 0.4) is 0 Å². The van der Waals surface area contributed by atoms with Crippen molar-refractivity contribution in [2.24, 2.45) is 0 Å². The van der Waals surface area contributed by atoms with Crippen LogP contribution in [0.2, 0.25) is 0 Å². The minimum atomic E-state index is -0.750. The van der Waals surface area contributed by atoms with Gasteiger partial charge in [0, 0.05) is 5.69 Å². The summed E-state index contributed by atoms with van der Waals surface area (Å²) >= 11 is 0. The lowest BCUT2D eigenvalue weighted by Crippen LogP contribution is -2.39. The van der Waals surface area contributed by atoms with Crippen LogP contribution in [0.15, 0.2) is 18.2 Å². The van der Waals surface area contributed by atoms with E-state index in [1.807, 2.05) is 45.9 Å². The van der Waals surface area contributed by atoms with Crippen LogP contribution in [0.5, 0.6) is 5.75 Å². The predicted octanol–water partition coefficient (Wildman–Crippen LogP) is 3.35. The Morgan fingerprint density at radius 1 is 1.22 bits per heavy atom. The smallest absolute Gasteiger partial charge is 0.120 e. The molecule has 3 heteroatoms. The number of aliphatic hydroxyl groups is 1. The van der Waals surface area contributed by atoms with Crippen molar-refractivity contribution < 1.29 is 9.84 Å². The molecule has 2 N–H and O–H groups in total. The third-order valence-electron chi connectivity index (χ3n) is 3.00. The number of nitrogens with one attached hydrogen (secondary N) is 1. The standard InChI is InChI=1S/C15H25NO2/c1-10(2)18-13-7-8-14(11(3)9-13)16-12(4)15(5,6)17/h7-10,12,16-17H,1-6H3. The van der Waals surface area contributed by atoms with E-state index in [0.29, 0.717) is 0 Å². The van der Waals surface area contributed by atoms with E-state index in [1.165, 1.54) is 0 Å². The van der Waals surface area contributed by atoms with Gasteiger partial charge in [0.15, 0.2) is 0 Å². The van der Waals surface area contributed by atoms with Gasteiger partial charge in [-0.3, -0.25) is 0 Å². The van der Waals surface area contributed by atoms with Crippen LogP contribution in [-0.4, -0.2) is 22.9 Å². The lowest BCUT2D eigenvalue weighted by Gasteiger charge is -2.28. The van der Waals surface area contributed by atoms with Crippen LogP contribution >= 0.6 is 0 Å². The van der Waals surface area contributed by atoms with Crippen molar-refractivity contribution in [1.82, 2.24) is 0 Å². The number of ether oxygens (including phenoxy) is 1. The highest BCUT2D eigenvalue weighted by Crippen LogP contribution is 2.24. The Balaban J connectivity index is 2.80. The van der Waals surface area contributed by atoms with E-state index >= 15 is 0 Å². The molecule has 3 nitrogen and oxygen atoms in total. The van der Waals surface area contributed by atoms with E-state index in [0.717, 1.165) is 17.0 Å². The summed E-state index contributed by atoms with van der Waals surface area (Å²) in [7, 11) is 0. The van der Waals surface area contributed by atoms with Crippen LogP contribution in [0.1, 0.15) is 40.2 Å². The minimum Gasteiger partial charge on any atom is -0.491 e. The fourth-order valence-electron chi connectivity index (χ4n) is 1.55. The third kappa shape index (κ3) is 4.22. The molecule has 1 unspecified atom stereocenters. The monoisotopic (exact) mass is 251 g/mol. The second-order valence-electron chi connectivity index (χ2n) is 5.66. The molecule has 0 spiro atoms. The van der Waals surface area contributed by atoms with Gasteiger partial charge in [-0.05, 0) is 65.3 Å². The zero-order valence-corrected chi connectivity index (χ0v) is 12.2. The lowest BCUT2D eigenvalue weighted by molar-refractivity contribution is 0.0649. The highest BCUT2D eigenvalue weighted by Gasteiger charge is 2.22. The number of aryl methyl sites for hydroxylation is 1. The Kier molecular flexibility index (Phi) is 4.63. The lowest BCUT2D eigenvalue weighted by atomic mass is 10.00. The molecular weight excluding hydrogens is 226 g/mol. The van der Waals surface area contributed by atoms with Crippen LogP contribution in [-0.2, 0) is 0 Å². The quantitative estimate of drug-likeness (QED) is 0.843. The molecule has 0 aliphatic heterocycles. The largest absolute Gasteiger partial charge is 0.491 e. The molecule has 0 saturated carbocycles. The maximum absolute atomic E-state index is 9.92. The normalized spacial score (nSPS) is 13.6. The van der Waals surface area contributed by atoms with Gasteiger partial charge in [0.05, 0.1) is 17.7 Å². The molecule has 0 saturated heterocycles. The molecule has 0 fully saturated rings. The minimum absolute atomic E-state index is 0.0203. The van der Waals surface area contributed by atoms with Gasteiger partial charge in [0.25, 0.3) is 0 Å². The number of anilines is 1. The van der Waals surface area contributed by atoms with Gasteiger partial charge in [-0.1, -0.05) is 0 Å². The second-order valence-corrected chi connectivity index (χ2v) is 5.66. The van der Waals surface area contributed by atoms with Crippen LogP contribution in [0.4, 0.5) is 5.69 Å². The number of hydrogen-bond acceptors (Lipinski definition) is 3. The van der Waals surface area contributed by atoms with Gasteiger partial charge >= 0.3 is 0 Å². The first-order valence-electron chi connectivity index (χ1n) is 6.46. The van der Waals surface area contributed by atoms with Gasteiger partial charge in [-0.2, -0.15) is 0 Å². The molecular formula is C15H25NO2. The Hall–Kier alpha value is -1.22. The number of rotatable bonds is 5. The Morgan fingerprint density at radius 3 is 2.28 bits per heavy atom. The molecule has 0 aromatic heterocycles. The summed E-state index contributed by atoms with van der Waals surface area (Å²) in [4.78, 5) is 0. The van der Waals surface area contributed by atoms with Crippen molar-refractivity contribution in [2.75, 3.05) is 5.32 Å². The molecule has 0 aliphatic carbocycles.